The number of nitrogens with two attached hydrogens (primary N) is 1. The van der Waals surface area contributed by atoms with Crippen molar-refractivity contribution in [2.75, 3.05) is 0 Å². The number of amides is 1. The van der Waals surface area contributed by atoms with Crippen LogP contribution in [0.5, 0.6) is 0 Å². The predicted molar refractivity (Wildman–Crippen MR) is 67.7 cm³/mol. The molecule has 0 fully saturated rings. The van der Waals surface area contributed by atoms with Gasteiger partial charge in [0.25, 0.3) is 5.91 Å². The van der Waals surface area contributed by atoms with Gasteiger partial charge in [0.15, 0.2) is 0 Å². The van der Waals surface area contributed by atoms with Crippen LogP contribution < -0.4 is 10.9 Å². The Morgan fingerprint density at radius 1 is 1.25 bits per heavy atom. The molecule has 0 radical (unpaired) electrons. The van der Waals surface area contributed by atoms with Gasteiger partial charge in [-0.25, -0.2) is 0 Å². The van der Waals surface area contributed by atoms with Crippen LogP contribution >= 0.6 is 0 Å². The lowest BCUT2D eigenvalue weighted by Crippen LogP contribution is -2.42. The van der Waals surface area contributed by atoms with Crippen molar-refractivity contribution >= 4 is 30.1 Å². The summed E-state index contributed by atoms with van der Waals surface area (Å²) >= 11 is 0. The van der Waals surface area contributed by atoms with E-state index in [0.29, 0.717) is 11.1 Å². The van der Waals surface area contributed by atoms with Crippen LogP contribution in [0.3, 0.4) is 0 Å². The van der Waals surface area contributed by atoms with Gasteiger partial charge >= 0.3 is 0 Å². The first-order valence-corrected chi connectivity index (χ1v) is 8.72. The van der Waals surface area contributed by atoms with E-state index in [4.69, 9.17) is 10.2 Å². The lowest BCUT2D eigenvalue weighted by molar-refractivity contribution is 0.100. The number of carbonyl (C=O) groups excluding carboxylic acids is 1. The van der Waals surface area contributed by atoms with Crippen LogP contribution in [0.25, 0.3) is 11.0 Å². The molecule has 0 aliphatic carbocycles. The zero-order valence-electron chi connectivity index (χ0n) is 9.70. The number of benzene rings is 1. The van der Waals surface area contributed by atoms with E-state index in [9.17, 15) is 4.79 Å². The minimum atomic E-state index is -1.59. The second-order valence-corrected chi connectivity index (χ2v) is 9.98. The Hall–Kier alpha value is -1.55. The molecule has 1 amide bonds. The van der Waals surface area contributed by atoms with E-state index < -0.39 is 14.0 Å². The quantitative estimate of drug-likeness (QED) is 0.807. The molecule has 2 rings (SSSR count). The van der Waals surface area contributed by atoms with Gasteiger partial charge in [-0.05, 0) is 11.3 Å². The number of furan rings is 1. The van der Waals surface area contributed by atoms with Crippen molar-refractivity contribution in [2.24, 2.45) is 5.73 Å². The topological polar surface area (TPSA) is 56.2 Å². The van der Waals surface area contributed by atoms with Crippen LogP contribution in [-0.2, 0) is 0 Å². The highest BCUT2D eigenvalue weighted by Crippen LogP contribution is 2.20. The van der Waals surface area contributed by atoms with Gasteiger partial charge in [0.1, 0.15) is 5.58 Å². The molecule has 84 valence electrons. The summed E-state index contributed by atoms with van der Waals surface area (Å²) in [7, 11) is -1.59. The summed E-state index contributed by atoms with van der Waals surface area (Å²) in [4.78, 5) is 11.6. The van der Waals surface area contributed by atoms with Crippen molar-refractivity contribution in [2.45, 2.75) is 19.6 Å². The maximum Gasteiger partial charge on any atom is 0.252 e. The number of carbonyl (C=O) groups is 1. The molecule has 3 nitrogen and oxygen atoms in total. The summed E-state index contributed by atoms with van der Waals surface area (Å²) in [6, 6.07) is 5.83. The number of fused-ring (bicyclic) bond motifs is 1. The number of primary amides is 1. The van der Waals surface area contributed by atoms with Crippen molar-refractivity contribution < 1.29 is 9.21 Å². The first-order valence-electron chi connectivity index (χ1n) is 5.22. The van der Waals surface area contributed by atoms with Crippen LogP contribution in [0, 0.1) is 0 Å². The van der Waals surface area contributed by atoms with Crippen LogP contribution in [0.2, 0.25) is 19.6 Å². The van der Waals surface area contributed by atoms with Crippen molar-refractivity contribution in [1.82, 2.24) is 0 Å². The molecule has 0 spiro atoms. The standard InChI is InChI=1S/C12H15NO2Si/c1-16(2,3)9-5-4-8-6-7-15-11(8)10(9)12(13)14/h4-7H,1-3H3,(H2,13,14). The lowest BCUT2D eigenvalue weighted by atomic mass is 10.1. The normalized spacial score (nSPS) is 11.9. The molecule has 0 aliphatic heterocycles. The molecule has 0 unspecified atom stereocenters. The molecule has 2 N–H and O–H groups in total. The van der Waals surface area contributed by atoms with E-state index in [1.165, 1.54) is 0 Å². The molecular weight excluding hydrogens is 218 g/mol. The lowest BCUT2D eigenvalue weighted by Gasteiger charge is -2.19. The number of hydrogen-bond acceptors (Lipinski definition) is 2. The second-order valence-electron chi connectivity index (χ2n) is 4.94. The zero-order chi connectivity index (χ0) is 11.9. The van der Waals surface area contributed by atoms with Crippen LogP contribution in [0.4, 0.5) is 0 Å². The third-order valence-corrected chi connectivity index (χ3v) is 4.71. The summed E-state index contributed by atoms with van der Waals surface area (Å²) in [6.45, 7) is 6.55. The molecule has 16 heavy (non-hydrogen) atoms. The molecule has 0 saturated heterocycles. The maximum absolute atomic E-state index is 11.6. The Kier molecular flexibility index (Phi) is 2.39. The first kappa shape index (κ1) is 10.9. The van der Waals surface area contributed by atoms with Gasteiger partial charge in [0, 0.05) is 5.39 Å². The highest BCUT2D eigenvalue weighted by Gasteiger charge is 2.25. The van der Waals surface area contributed by atoms with Gasteiger partial charge in [-0.15, -0.1) is 0 Å². The van der Waals surface area contributed by atoms with E-state index in [1.54, 1.807) is 6.26 Å². The fourth-order valence-corrected chi connectivity index (χ4v) is 3.47. The molecule has 0 aliphatic rings. The zero-order valence-corrected chi connectivity index (χ0v) is 10.7. The highest BCUT2D eigenvalue weighted by atomic mass is 28.3. The van der Waals surface area contributed by atoms with E-state index in [2.05, 4.69) is 19.6 Å². The molecule has 0 bridgehead atoms. The predicted octanol–water partition coefficient (Wildman–Crippen LogP) is 2.08. The van der Waals surface area contributed by atoms with Crippen molar-refractivity contribution in [1.29, 1.82) is 0 Å². The molecule has 1 aromatic carbocycles. The van der Waals surface area contributed by atoms with Gasteiger partial charge < -0.3 is 10.2 Å². The van der Waals surface area contributed by atoms with Crippen molar-refractivity contribution in [3.8, 4) is 0 Å². The Morgan fingerprint density at radius 3 is 2.50 bits per heavy atom. The summed E-state index contributed by atoms with van der Waals surface area (Å²) < 4.78 is 5.37. The summed E-state index contributed by atoms with van der Waals surface area (Å²) in [5.74, 6) is -0.405. The Balaban J connectivity index is 2.84. The minimum absolute atomic E-state index is 0.405. The second kappa shape index (κ2) is 3.49. The van der Waals surface area contributed by atoms with Gasteiger partial charge in [0.05, 0.1) is 19.9 Å². The van der Waals surface area contributed by atoms with Crippen LogP contribution in [0.15, 0.2) is 28.9 Å². The molecule has 1 heterocycles. The molecular formula is C12H15NO2Si. The van der Waals surface area contributed by atoms with E-state index in [0.717, 1.165) is 10.6 Å². The Labute approximate surface area is 95.2 Å². The van der Waals surface area contributed by atoms with Gasteiger partial charge in [-0.2, -0.15) is 0 Å². The van der Waals surface area contributed by atoms with Gasteiger partial charge in [-0.3, -0.25) is 4.79 Å². The third-order valence-electron chi connectivity index (χ3n) is 2.68. The Morgan fingerprint density at radius 2 is 1.94 bits per heavy atom. The monoisotopic (exact) mass is 233 g/mol. The van der Waals surface area contributed by atoms with Crippen LogP contribution in [-0.4, -0.2) is 14.0 Å². The smallest absolute Gasteiger partial charge is 0.252 e. The third kappa shape index (κ3) is 1.65. The maximum atomic E-state index is 11.6. The van der Waals surface area contributed by atoms with Crippen molar-refractivity contribution in [3.05, 3.63) is 30.0 Å². The van der Waals surface area contributed by atoms with E-state index in [1.807, 2.05) is 18.2 Å². The van der Waals surface area contributed by atoms with Gasteiger partial charge in [-0.1, -0.05) is 31.8 Å². The summed E-state index contributed by atoms with van der Waals surface area (Å²) in [5.41, 5.74) is 6.63. The fourth-order valence-electron chi connectivity index (χ4n) is 1.90. The SMILES string of the molecule is C[Si](C)(C)c1ccc2ccoc2c1C(N)=O. The van der Waals surface area contributed by atoms with E-state index in [-0.39, 0.29) is 0 Å². The average Bonchev–Trinajstić information content (AvgIpc) is 2.61. The van der Waals surface area contributed by atoms with E-state index >= 15 is 0 Å². The Bertz CT molecular complexity index is 552. The highest BCUT2D eigenvalue weighted by molar-refractivity contribution is 6.89. The molecule has 0 atom stereocenters. The van der Waals surface area contributed by atoms with Gasteiger partial charge in [0.2, 0.25) is 0 Å². The summed E-state index contributed by atoms with van der Waals surface area (Å²) in [5, 5.41) is 1.98. The molecule has 2 aromatic rings. The summed E-state index contributed by atoms with van der Waals surface area (Å²) in [6.07, 6.45) is 1.59. The molecule has 4 heteroatoms. The number of hydrogen-bond donors (Lipinski definition) is 1. The first-order chi connectivity index (χ1) is 7.41. The minimum Gasteiger partial charge on any atom is -0.464 e. The molecule has 0 saturated carbocycles. The number of rotatable bonds is 2. The molecule has 1 aromatic heterocycles. The van der Waals surface area contributed by atoms with Crippen LogP contribution in [0.1, 0.15) is 10.4 Å². The van der Waals surface area contributed by atoms with Crippen molar-refractivity contribution in [3.63, 3.8) is 0 Å². The average molecular weight is 233 g/mol. The fraction of sp³-hybridized carbons (Fsp3) is 0.250. The largest absolute Gasteiger partial charge is 0.464 e.